The Morgan fingerprint density at radius 3 is 2.47 bits per heavy atom. The minimum atomic E-state index is -3.39. The minimum absolute atomic E-state index is 0.0460. The molecule has 0 aliphatic carbocycles. The van der Waals surface area contributed by atoms with Crippen molar-refractivity contribution in [2.45, 2.75) is 19.3 Å². The summed E-state index contributed by atoms with van der Waals surface area (Å²) in [5.74, 6) is -0.997. The van der Waals surface area contributed by atoms with Crippen molar-refractivity contribution in [3.05, 3.63) is 0 Å². The SMILES string of the molecule is N#CCCS(=O)(=O)CC(=O)N1CCCC1. The standard InChI is InChI=1S/C9H14N2O3S/c10-4-3-7-15(13,14)8-9(12)11-5-1-2-6-11/h1-3,5-8H2. The average Bonchev–Trinajstić information content (AvgIpc) is 2.67. The molecule has 0 aromatic heterocycles. The van der Waals surface area contributed by atoms with Crippen LogP contribution >= 0.6 is 0 Å². The van der Waals surface area contributed by atoms with E-state index in [0.29, 0.717) is 13.1 Å². The van der Waals surface area contributed by atoms with Gasteiger partial charge in [-0.2, -0.15) is 5.26 Å². The Labute approximate surface area is 89.6 Å². The lowest BCUT2D eigenvalue weighted by molar-refractivity contribution is -0.127. The molecule has 0 bridgehead atoms. The van der Waals surface area contributed by atoms with E-state index in [1.54, 1.807) is 11.0 Å². The summed E-state index contributed by atoms with van der Waals surface area (Å²) in [6.45, 7) is 1.32. The molecule has 1 saturated heterocycles. The van der Waals surface area contributed by atoms with Crippen LogP contribution in [-0.4, -0.2) is 43.8 Å². The van der Waals surface area contributed by atoms with E-state index in [1.165, 1.54) is 0 Å². The molecule has 0 saturated carbocycles. The number of sulfone groups is 1. The van der Waals surface area contributed by atoms with Crippen LogP contribution in [0.15, 0.2) is 0 Å². The van der Waals surface area contributed by atoms with Gasteiger partial charge in [-0.3, -0.25) is 4.79 Å². The van der Waals surface area contributed by atoms with Gasteiger partial charge in [-0.25, -0.2) is 8.42 Å². The number of rotatable bonds is 4. The van der Waals surface area contributed by atoms with Gasteiger partial charge in [-0.1, -0.05) is 0 Å². The van der Waals surface area contributed by atoms with E-state index in [1.807, 2.05) is 0 Å². The summed E-state index contributed by atoms with van der Waals surface area (Å²) in [5, 5.41) is 8.27. The van der Waals surface area contributed by atoms with Crippen molar-refractivity contribution in [1.29, 1.82) is 5.26 Å². The molecular weight excluding hydrogens is 216 g/mol. The van der Waals surface area contributed by atoms with Crippen molar-refractivity contribution in [3.63, 3.8) is 0 Å². The summed E-state index contributed by atoms with van der Waals surface area (Å²) in [7, 11) is -3.39. The van der Waals surface area contributed by atoms with E-state index in [0.717, 1.165) is 12.8 Å². The molecule has 0 N–H and O–H groups in total. The molecule has 0 radical (unpaired) electrons. The summed E-state index contributed by atoms with van der Waals surface area (Å²) in [4.78, 5) is 13.1. The van der Waals surface area contributed by atoms with Crippen molar-refractivity contribution in [2.75, 3.05) is 24.6 Å². The fraction of sp³-hybridized carbons (Fsp3) is 0.778. The Morgan fingerprint density at radius 1 is 1.33 bits per heavy atom. The predicted octanol–water partition coefficient (Wildman–Crippen LogP) is -0.0627. The van der Waals surface area contributed by atoms with Crippen molar-refractivity contribution >= 4 is 15.7 Å². The molecule has 1 amide bonds. The third kappa shape index (κ3) is 3.88. The fourth-order valence-electron chi connectivity index (χ4n) is 1.52. The maximum Gasteiger partial charge on any atom is 0.237 e. The molecule has 1 rings (SSSR count). The van der Waals surface area contributed by atoms with Crippen LogP contribution in [0.5, 0.6) is 0 Å². The first-order valence-electron chi connectivity index (χ1n) is 4.90. The maximum atomic E-state index is 11.5. The Hall–Kier alpha value is -1.09. The molecular formula is C9H14N2O3S. The zero-order chi connectivity index (χ0) is 11.3. The highest BCUT2D eigenvalue weighted by Crippen LogP contribution is 2.08. The molecule has 1 fully saturated rings. The normalized spacial score (nSPS) is 16.3. The molecule has 6 heteroatoms. The first-order chi connectivity index (χ1) is 7.05. The summed E-state index contributed by atoms with van der Waals surface area (Å²) < 4.78 is 22.7. The van der Waals surface area contributed by atoms with Gasteiger partial charge in [0.1, 0.15) is 5.75 Å². The van der Waals surface area contributed by atoms with E-state index in [-0.39, 0.29) is 18.1 Å². The number of amides is 1. The van der Waals surface area contributed by atoms with Gasteiger partial charge >= 0.3 is 0 Å². The highest BCUT2D eigenvalue weighted by Gasteiger charge is 2.23. The van der Waals surface area contributed by atoms with Gasteiger partial charge in [0.25, 0.3) is 0 Å². The van der Waals surface area contributed by atoms with Gasteiger partial charge in [0.15, 0.2) is 9.84 Å². The monoisotopic (exact) mass is 230 g/mol. The number of hydrogen-bond donors (Lipinski definition) is 0. The topological polar surface area (TPSA) is 78.2 Å². The molecule has 5 nitrogen and oxygen atoms in total. The van der Waals surface area contributed by atoms with Crippen LogP contribution in [0, 0.1) is 11.3 Å². The Kier molecular flexibility index (Phi) is 4.09. The number of hydrogen-bond acceptors (Lipinski definition) is 4. The molecule has 0 aromatic rings. The first kappa shape index (κ1) is 12.0. The zero-order valence-corrected chi connectivity index (χ0v) is 9.29. The van der Waals surface area contributed by atoms with E-state index >= 15 is 0 Å². The molecule has 0 atom stereocenters. The van der Waals surface area contributed by atoms with Gasteiger partial charge in [0.2, 0.25) is 5.91 Å². The largest absolute Gasteiger partial charge is 0.342 e. The van der Waals surface area contributed by atoms with Gasteiger partial charge in [-0.05, 0) is 12.8 Å². The lowest BCUT2D eigenvalue weighted by atomic mass is 10.4. The smallest absolute Gasteiger partial charge is 0.237 e. The molecule has 0 unspecified atom stereocenters. The Morgan fingerprint density at radius 2 is 1.93 bits per heavy atom. The van der Waals surface area contributed by atoms with Crippen LogP contribution in [0.25, 0.3) is 0 Å². The number of likely N-dealkylation sites (tertiary alicyclic amines) is 1. The van der Waals surface area contributed by atoms with Crippen LogP contribution in [0.4, 0.5) is 0 Å². The quantitative estimate of drug-likeness (QED) is 0.677. The lowest BCUT2D eigenvalue weighted by Crippen LogP contribution is -2.34. The van der Waals surface area contributed by atoms with Crippen LogP contribution in [0.2, 0.25) is 0 Å². The second kappa shape index (κ2) is 5.12. The van der Waals surface area contributed by atoms with Gasteiger partial charge in [-0.15, -0.1) is 0 Å². The van der Waals surface area contributed by atoms with Crippen LogP contribution in [-0.2, 0) is 14.6 Å². The van der Waals surface area contributed by atoms with Gasteiger partial charge in [0.05, 0.1) is 11.8 Å². The number of carbonyl (C=O) groups excluding carboxylic acids is 1. The maximum absolute atomic E-state index is 11.5. The summed E-state index contributed by atoms with van der Waals surface area (Å²) in [6.07, 6.45) is 1.85. The van der Waals surface area contributed by atoms with Crippen molar-refractivity contribution < 1.29 is 13.2 Å². The van der Waals surface area contributed by atoms with E-state index in [2.05, 4.69) is 0 Å². The Bertz CT molecular complexity index is 363. The molecule has 15 heavy (non-hydrogen) atoms. The van der Waals surface area contributed by atoms with Crippen LogP contribution in [0.1, 0.15) is 19.3 Å². The average molecular weight is 230 g/mol. The van der Waals surface area contributed by atoms with Gasteiger partial charge < -0.3 is 4.90 Å². The predicted molar refractivity (Wildman–Crippen MR) is 54.7 cm³/mol. The van der Waals surface area contributed by atoms with E-state index < -0.39 is 15.6 Å². The number of carbonyl (C=O) groups is 1. The molecule has 0 aromatic carbocycles. The van der Waals surface area contributed by atoms with Crippen molar-refractivity contribution in [1.82, 2.24) is 4.90 Å². The van der Waals surface area contributed by atoms with Gasteiger partial charge in [0, 0.05) is 19.5 Å². The first-order valence-corrected chi connectivity index (χ1v) is 6.72. The summed E-state index contributed by atoms with van der Waals surface area (Å²) in [5.41, 5.74) is 0. The molecule has 1 aliphatic heterocycles. The third-order valence-corrected chi connectivity index (χ3v) is 3.84. The molecule has 1 aliphatic rings. The molecule has 84 valence electrons. The van der Waals surface area contributed by atoms with Crippen molar-refractivity contribution in [2.24, 2.45) is 0 Å². The highest BCUT2D eigenvalue weighted by molar-refractivity contribution is 7.92. The summed E-state index contributed by atoms with van der Waals surface area (Å²) in [6, 6.07) is 1.76. The third-order valence-electron chi connectivity index (χ3n) is 2.33. The molecule has 0 spiro atoms. The Balaban J connectivity index is 2.46. The van der Waals surface area contributed by atoms with Crippen LogP contribution in [0.3, 0.4) is 0 Å². The van der Waals surface area contributed by atoms with E-state index in [4.69, 9.17) is 5.26 Å². The lowest BCUT2D eigenvalue weighted by Gasteiger charge is -2.14. The summed E-state index contributed by atoms with van der Waals surface area (Å²) >= 11 is 0. The second-order valence-electron chi connectivity index (χ2n) is 3.59. The molecule has 1 heterocycles. The number of nitrogens with zero attached hydrogens (tertiary/aromatic N) is 2. The second-order valence-corrected chi connectivity index (χ2v) is 5.77. The van der Waals surface area contributed by atoms with Crippen molar-refractivity contribution in [3.8, 4) is 6.07 Å². The highest BCUT2D eigenvalue weighted by atomic mass is 32.2. The van der Waals surface area contributed by atoms with E-state index in [9.17, 15) is 13.2 Å². The fourth-order valence-corrected chi connectivity index (χ4v) is 2.62. The van der Waals surface area contributed by atoms with Crippen LogP contribution < -0.4 is 0 Å². The number of nitriles is 1. The minimum Gasteiger partial charge on any atom is -0.342 e. The zero-order valence-electron chi connectivity index (χ0n) is 8.48.